The molecule has 1 aliphatic carbocycles. The number of aromatic nitrogens is 3. The van der Waals surface area contributed by atoms with Crippen LogP contribution in [0.25, 0.3) is 10.9 Å². The van der Waals surface area contributed by atoms with E-state index < -0.39 is 0 Å². The molecular weight excluding hydrogens is 190 g/mol. The van der Waals surface area contributed by atoms with Crippen molar-refractivity contribution in [2.75, 3.05) is 7.11 Å². The minimum absolute atomic E-state index is 0.662. The lowest BCUT2D eigenvalue weighted by Gasteiger charge is -2.02. The third kappa shape index (κ3) is 1.46. The highest BCUT2D eigenvalue weighted by atomic mass is 16.5. The molecule has 4 heteroatoms. The van der Waals surface area contributed by atoms with E-state index in [0.717, 1.165) is 23.4 Å². The number of ether oxygens (including phenoxy) is 1. The molecular formula is C11H13N3O. The van der Waals surface area contributed by atoms with Gasteiger partial charge in [-0.15, -0.1) is 0 Å². The number of hydrogen-bond acceptors (Lipinski definition) is 3. The van der Waals surface area contributed by atoms with E-state index in [4.69, 9.17) is 4.74 Å². The summed E-state index contributed by atoms with van der Waals surface area (Å²) in [6.45, 7) is 1.02. The monoisotopic (exact) mass is 203 g/mol. The number of hydrogen-bond donors (Lipinski definition) is 0. The van der Waals surface area contributed by atoms with Crippen molar-refractivity contribution in [3.63, 3.8) is 0 Å². The average molecular weight is 203 g/mol. The highest BCUT2D eigenvalue weighted by Crippen LogP contribution is 2.32. The zero-order chi connectivity index (χ0) is 10.3. The molecule has 2 aromatic rings. The van der Waals surface area contributed by atoms with Crippen LogP contribution in [-0.2, 0) is 6.54 Å². The van der Waals surface area contributed by atoms with E-state index in [9.17, 15) is 0 Å². The highest BCUT2D eigenvalue weighted by Gasteiger charge is 2.23. The number of methoxy groups -OCH3 is 1. The number of pyridine rings is 1. The molecule has 2 aromatic heterocycles. The molecule has 1 aliphatic rings. The van der Waals surface area contributed by atoms with Gasteiger partial charge >= 0.3 is 0 Å². The Kier molecular flexibility index (Phi) is 1.87. The first-order valence-corrected chi connectivity index (χ1v) is 5.23. The summed E-state index contributed by atoms with van der Waals surface area (Å²) in [6, 6.07) is 1.99. The summed E-state index contributed by atoms with van der Waals surface area (Å²) in [7, 11) is 1.64. The fourth-order valence-electron chi connectivity index (χ4n) is 1.83. The van der Waals surface area contributed by atoms with Crippen LogP contribution in [0.3, 0.4) is 0 Å². The van der Waals surface area contributed by atoms with Gasteiger partial charge in [-0.25, -0.2) is 4.98 Å². The molecule has 1 saturated carbocycles. The van der Waals surface area contributed by atoms with Gasteiger partial charge in [0, 0.05) is 12.7 Å². The van der Waals surface area contributed by atoms with Crippen LogP contribution in [0.1, 0.15) is 12.8 Å². The second kappa shape index (κ2) is 3.22. The van der Waals surface area contributed by atoms with Crippen LogP contribution >= 0.6 is 0 Å². The van der Waals surface area contributed by atoms with Crippen LogP contribution in [0.2, 0.25) is 0 Å². The minimum atomic E-state index is 0.662. The van der Waals surface area contributed by atoms with Crippen LogP contribution in [0, 0.1) is 5.92 Å². The summed E-state index contributed by atoms with van der Waals surface area (Å²) in [6.07, 6.45) is 6.28. The Morgan fingerprint density at radius 3 is 3.13 bits per heavy atom. The summed E-state index contributed by atoms with van der Waals surface area (Å²) >= 11 is 0. The average Bonchev–Trinajstić information content (AvgIpc) is 2.99. The molecule has 2 heterocycles. The van der Waals surface area contributed by atoms with E-state index in [1.54, 1.807) is 13.3 Å². The van der Waals surface area contributed by atoms with E-state index in [1.165, 1.54) is 12.8 Å². The van der Waals surface area contributed by atoms with Gasteiger partial charge in [0.15, 0.2) is 0 Å². The highest BCUT2D eigenvalue weighted by molar-refractivity contribution is 5.83. The molecule has 78 valence electrons. The fraction of sp³-hybridized carbons (Fsp3) is 0.455. The predicted molar refractivity (Wildman–Crippen MR) is 56.8 cm³/mol. The largest absolute Gasteiger partial charge is 0.480 e. The van der Waals surface area contributed by atoms with Crippen molar-refractivity contribution < 1.29 is 4.74 Å². The zero-order valence-electron chi connectivity index (χ0n) is 8.68. The van der Waals surface area contributed by atoms with Crippen molar-refractivity contribution in [2.24, 2.45) is 5.92 Å². The van der Waals surface area contributed by atoms with Crippen LogP contribution in [0.5, 0.6) is 5.88 Å². The van der Waals surface area contributed by atoms with Crippen LogP contribution in [-0.4, -0.2) is 21.9 Å². The van der Waals surface area contributed by atoms with Gasteiger partial charge in [0.05, 0.1) is 24.2 Å². The molecule has 0 saturated heterocycles. The van der Waals surface area contributed by atoms with Gasteiger partial charge in [0.2, 0.25) is 5.88 Å². The lowest BCUT2D eigenvalue weighted by Crippen LogP contribution is -2.01. The summed E-state index contributed by atoms with van der Waals surface area (Å²) < 4.78 is 7.25. The van der Waals surface area contributed by atoms with Crippen molar-refractivity contribution in [3.05, 3.63) is 18.5 Å². The van der Waals surface area contributed by atoms with Crippen molar-refractivity contribution in [3.8, 4) is 5.88 Å². The Labute approximate surface area is 87.9 Å². The number of rotatable bonds is 3. The smallest absolute Gasteiger partial charge is 0.224 e. The molecule has 3 rings (SSSR count). The van der Waals surface area contributed by atoms with E-state index >= 15 is 0 Å². The van der Waals surface area contributed by atoms with Gasteiger partial charge in [0.1, 0.15) is 0 Å². The van der Waals surface area contributed by atoms with Gasteiger partial charge in [-0.05, 0) is 24.8 Å². The third-order valence-electron chi connectivity index (χ3n) is 2.86. The Morgan fingerprint density at radius 2 is 2.40 bits per heavy atom. The van der Waals surface area contributed by atoms with Gasteiger partial charge < -0.3 is 4.74 Å². The lowest BCUT2D eigenvalue weighted by molar-refractivity contribution is 0.403. The van der Waals surface area contributed by atoms with Crippen LogP contribution in [0.15, 0.2) is 18.5 Å². The topological polar surface area (TPSA) is 39.9 Å². The molecule has 0 N–H and O–H groups in total. The molecule has 0 aliphatic heterocycles. The predicted octanol–water partition coefficient (Wildman–Crippen LogP) is 1.85. The second-order valence-corrected chi connectivity index (χ2v) is 4.02. The summed E-state index contributed by atoms with van der Waals surface area (Å²) in [5.41, 5.74) is 1.12. The normalized spacial score (nSPS) is 15.8. The maximum absolute atomic E-state index is 5.20. The Morgan fingerprint density at radius 1 is 1.53 bits per heavy atom. The van der Waals surface area contributed by atoms with Crippen molar-refractivity contribution in [2.45, 2.75) is 19.4 Å². The molecule has 1 fully saturated rings. The summed E-state index contributed by atoms with van der Waals surface area (Å²) in [4.78, 5) is 4.16. The molecule has 0 amide bonds. The first-order chi connectivity index (χ1) is 7.38. The van der Waals surface area contributed by atoms with E-state index in [1.807, 2.05) is 12.3 Å². The third-order valence-corrected chi connectivity index (χ3v) is 2.86. The Hall–Kier alpha value is -1.58. The first kappa shape index (κ1) is 8.71. The maximum atomic E-state index is 5.20. The molecule has 0 spiro atoms. The lowest BCUT2D eigenvalue weighted by atomic mass is 10.3. The minimum Gasteiger partial charge on any atom is -0.480 e. The zero-order valence-corrected chi connectivity index (χ0v) is 8.68. The van der Waals surface area contributed by atoms with Gasteiger partial charge in [-0.1, -0.05) is 0 Å². The van der Waals surface area contributed by atoms with Crippen molar-refractivity contribution in [1.29, 1.82) is 0 Å². The van der Waals surface area contributed by atoms with Crippen molar-refractivity contribution in [1.82, 2.24) is 14.8 Å². The van der Waals surface area contributed by atoms with E-state index in [0.29, 0.717) is 5.88 Å². The summed E-state index contributed by atoms with van der Waals surface area (Å²) in [5, 5.41) is 5.38. The fourth-order valence-corrected chi connectivity index (χ4v) is 1.83. The first-order valence-electron chi connectivity index (χ1n) is 5.23. The van der Waals surface area contributed by atoms with E-state index in [2.05, 4.69) is 14.8 Å². The molecule has 0 bridgehead atoms. The quantitative estimate of drug-likeness (QED) is 0.764. The molecule has 4 nitrogen and oxygen atoms in total. The summed E-state index contributed by atoms with van der Waals surface area (Å²) in [5.74, 6) is 1.49. The second-order valence-electron chi connectivity index (χ2n) is 4.02. The number of fused-ring (bicyclic) bond motifs is 1. The molecule has 0 radical (unpaired) electrons. The van der Waals surface area contributed by atoms with Crippen LogP contribution < -0.4 is 4.74 Å². The van der Waals surface area contributed by atoms with Gasteiger partial charge in [0.25, 0.3) is 0 Å². The van der Waals surface area contributed by atoms with Crippen molar-refractivity contribution >= 4 is 10.9 Å². The Balaban J connectivity index is 2.08. The standard InChI is InChI=1S/C11H13N3O/c1-15-11-9-6-13-14(7-8-2-3-8)10(9)4-5-12-11/h4-6,8H,2-3,7H2,1H3. The maximum Gasteiger partial charge on any atom is 0.224 e. The van der Waals surface area contributed by atoms with Gasteiger partial charge in [-0.2, -0.15) is 5.10 Å². The van der Waals surface area contributed by atoms with E-state index in [-0.39, 0.29) is 0 Å². The molecule has 0 atom stereocenters. The molecule has 0 unspecified atom stereocenters. The molecule has 0 aromatic carbocycles. The number of nitrogens with zero attached hydrogens (tertiary/aromatic N) is 3. The Bertz CT molecular complexity index is 488. The molecule has 15 heavy (non-hydrogen) atoms. The SMILES string of the molecule is COc1nccc2c1cnn2CC1CC1. The van der Waals surface area contributed by atoms with Crippen LogP contribution in [0.4, 0.5) is 0 Å². The van der Waals surface area contributed by atoms with Gasteiger partial charge in [-0.3, -0.25) is 4.68 Å².